The van der Waals surface area contributed by atoms with Gasteiger partial charge in [-0.3, -0.25) is 0 Å². The molecule has 6 heavy (non-hydrogen) atoms. The lowest BCUT2D eigenvalue weighted by Crippen LogP contribution is -1.85. The zero-order valence-electron chi connectivity index (χ0n) is 3.38. The predicted molar refractivity (Wildman–Crippen MR) is 33.9 cm³/mol. The molecule has 0 saturated carbocycles. The molecule has 0 aromatic rings. The first-order valence-electron chi connectivity index (χ1n) is 1.37. The molecular formula is C2H6N2S2. The highest BCUT2D eigenvalue weighted by Gasteiger charge is 1.78. The van der Waals surface area contributed by atoms with E-state index in [-0.39, 0.29) is 0 Å². The van der Waals surface area contributed by atoms with Gasteiger partial charge in [0.15, 0.2) is 0 Å². The van der Waals surface area contributed by atoms with Crippen LogP contribution in [0.1, 0.15) is 6.92 Å². The van der Waals surface area contributed by atoms with E-state index in [0.29, 0.717) is 0 Å². The average molecular weight is 122 g/mol. The molecular weight excluding hydrogens is 116 g/mol. The molecule has 0 rings (SSSR count). The zero-order valence-corrected chi connectivity index (χ0v) is 5.09. The van der Waals surface area contributed by atoms with Gasteiger partial charge in [0.1, 0.15) is 5.04 Å². The fraction of sp³-hybridized carbons (Fsp3) is 0.500. The van der Waals surface area contributed by atoms with E-state index in [9.17, 15) is 0 Å². The van der Waals surface area contributed by atoms with Crippen LogP contribution in [0.4, 0.5) is 0 Å². The first kappa shape index (κ1) is 6.17. The lowest BCUT2D eigenvalue weighted by Gasteiger charge is -1.81. The molecule has 2 nitrogen and oxygen atoms in total. The van der Waals surface area contributed by atoms with Crippen LogP contribution in [-0.4, -0.2) is 5.04 Å². The second-order valence-electron chi connectivity index (χ2n) is 0.739. The maximum absolute atomic E-state index is 4.80. The Bertz CT molecular complexity index is 60.6. The van der Waals surface area contributed by atoms with Crippen LogP contribution in [0, 0.1) is 0 Å². The molecule has 0 aliphatic carbocycles. The van der Waals surface area contributed by atoms with Gasteiger partial charge in [-0.15, -0.1) is 11.7 Å². The maximum atomic E-state index is 4.80. The number of hydrogen-bond donors (Lipinski definition) is 2. The molecule has 0 heterocycles. The maximum Gasteiger partial charge on any atom is 0.100 e. The summed E-state index contributed by atoms with van der Waals surface area (Å²) in [5, 5.41) is 4.09. The first-order valence-corrected chi connectivity index (χ1v) is 3.24. The van der Waals surface area contributed by atoms with Crippen molar-refractivity contribution in [2.45, 2.75) is 6.92 Å². The first-order chi connectivity index (χ1) is 2.81. The number of nitrogens with zero attached hydrogens (tertiary/aromatic N) is 1. The summed E-state index contributed by atoms with van der Waals surface area (Å²) in [6.07, 6.45) is 0. The molecule has 0 aromatic carbocycles. The minimum atomic E-state index is 0.776. The number of hydrazone groups is 1. The van der Waals surface area contributed by atoms with Gasteiger partial charge in [0, 0.05) is 0 Å². The normalized spacial score (nSPS) is 12.0. The Labute approximate surface area is 46.0 Å². The zero-order chi connectivity index (χ0) is 4.99. The van der Waals surface area contributed by atoms with E-state index in [2.05, 4.69) is 16.8 Å². The Morgan fingerprint density at radius 2 is 2.50 bits per heavy atom. The van der Waals surface area contributed by atoms with Crippen molar-refractivity contribution in [3.05, 3.63) is 0 Å². The van der Waals surface area contributed by atoms with Crippen LogP contribution in [0.2, 0.25) is 0 Å². The predicted octanol–water partition coefficient (Wildman–Crippen LogP) is 0.857. The summed E-state index contributed by atoms with van der Waals surface area (Å²) in [6, 6.07) is 0. The average Bonchev–Trinajstić information content (AvgIpc) is 1.65. The summed E-state index contributed by atoms with van der Waals surface area (Å²) >= 11 is 3.80. The van der Waals surface area contributed by atoms with E-state index in [1.807, 2.05) is 0 Å². The smallest absolute Gasteiger partial charge is 0.100 e. The highest BCUT2D eigenvalue weighted by Crippen LogP contribution is 2.05. The summed E-state index contributed by atoms with van der Waals surface area (Å²) in [4.78, 5) is 0. The van der Waals surface area contributed by atoms with Crippen molar-refractivity contribution >= 4 is 27.5 Å². The molecule has 36 valence electrons. The summed E-state index contributed by atoms with van der Waals surface area (Å²) < 4.78 is 0. The van der Waals surface area contributed by atoms with Crippen LogP contribution in [0.25, 0.3) is 0 Å². The molecule has 0 aromatic heterocycles. The van der Waals surface area contributed by atoms with Gasteiger partial charge in [-0.2, -0.15) is 5.10 Å². The van der Waals surface area contributed by atoms with Crippen molar-refractivity contribution < 1.29 is 0 Å². The van der Waals surface area contributed by atoms with E-state index >= 15 is 0 Å². The van der Waals surface area contributed by atoms with Gasteiger partial charge >= 0.3 is 0 Å². The number of nitrogens with two attached hydrogens (primary N) is 1. The van der Waals surface area contributed by atoms with Crippen molar-refractivity contribution in [1.82, 2.24) is 0 Å². The topological polar surface area (TPSA) is 38.4 Å². The number of thiol groups is 1. The molecule has 0 bridgehead atoms. The van der Waals surface area contributed by atoms with Crippen molar-refractivity contribution in [2.24, 2.45) is 10.9 Å². The van der Waals surface area contributed by atoms with Gasteiger partial charge in [0.05, 0.1) is 0 Å². The van der Waals surface area contributed by atoms with Gasteiger partial charge in [0.25, 0.3) is 0 Å². The van der Waals surface area contributed by atoms with E-state index in [0.717, 1.165) is 5.04 Å². The van der Waals surface area contributed by atoms with E-state index < -0.39 is 0 Å². The third kappa shape index (κ3) is 2.41. The van der Waals surface area contributed by atoms with Crippen LogP contribution < -0.4 is 5.84 Å². The fourth-order valence-electron chi connectivity index (χ4n) is 0.0236. The molecule has 0 aliphatic heterocycles. The van der Waals surface area contributed by atoms with E-state index in [1.165, 1.54) is 10.8 Å². The third-order valence-electron chi connectivity index (χ3n) is 0.314. The van der Waals surface area contributed by atoms with Gasteiger partial charge in [-0.05, 0) is 17.7 Å². The van der Waals surface area contributed by atoms with Crippen LogP contribution in [0.15, 0.2) is 5.10 Å². The molecule has 0 radical (unpaired) electrons. The summed E-state index contributed by atoms with van der Waals surface area (Å²) in [7, 11) is 1.24. The lowest BCUT2D eigenvalue weighted by molar-refractivity contribution is 1.26. The van der Waals surface area contributed by atoms with Crippen molar-refractivity contribution in [2.75, 3.05) is 0 Å². The minimum Gasteiger partial charge on any atom is -0.323 e. The second-order valence-corrected chi connectivity index (χ2v) is 2.06. The molecule has 4 heteroatoms. The number of hydrogen-bond acceptors (Lipinski definition) is 4. The molecule has 0 spiro atoms. The van der Waals surface area contributed by atoms with Gasteiger partial charge in [0.2, 0.25) is 0 Å². The highest BCUT2D eigenvalue weighted by atomic mass is 33.1. The van der Waals surface area contributed by atoms with Gasteiger partial charge in [-0.1, -0.05) is 0 Å². The minimum absolute atomic E-state index is 0.776. The van der Waals surface area contributed by atoms with Crippen LogP contribution >= 0.6 is 22.5 Å². The molecule has 0 amide bonds. The monoisotopic (exact) mass is 122 g/mol. The Balaban J connectivity index is 3.22. The summed E-state index contributed by atoms with van der Waals surface area (Å²) in [5.41, 5.74) is 0. The quantitative estimate of drug-likeness (QED) is 0.125. The number of rotatable bonds is 0. The van der Waals surface area contributed by atoms with Crippen LogP contribution in [0.3, 0.4) is 0 Å². The van der Waals surface area contributed by atoms with Gasteiger partial charge in [-0.25, -0.2) is 0 Å². The van der Waals surface area contributed by atoms with Gasteiger partial charge < -0.3 is 5.84 Å². The Kier molecular flexibility index (Phi) is 3.46. The molecule has 0 atom stereocenters. The van der Waals surface area contributed by atoms with Crippen LogP contribution in [0.5, 0.6) is 0 Å². The van der Waals surface area contributed by atoms with E-state index in [1.54, 1.807) is 6.92 Å². The summed E-state index contributed by atoms with van der Waals surface area (Å²) in [5.74, 6) is 4.80. The fourth-order valence-corrected chi connectivity index (χ4v) is 0.212. The standard InChI is InChI=1S/C2H6N2S2/c1-2(4-3)6-5/h5H,3H2,1H3. The molecule has 0 saturated heterocycles. The highest BCUT2D eigenvalue weighted by molar-refractivity contribution is 8.74. The molecule has 0 aliphatic rings. The van der Waals surface area contributed by atoms with Crippen molar-refractivity contribution in [1.29, 1.82) is 0 Å². The van der Waals surface area contributed by atoms with Crippen LogP contribution in [-0.2, 0) is 0 Å². The molecule has 0 fully saturated rings. The SMILES string of the molecule is CC(=NN)SS. The van der Waals surface area contributed by atoms with Crippen molar-refractivity contribution in [3.63, 3.8) is 0 Å². The lowest BCUT2D eigenvalue weighted by atomic mass is 10.9. The Morgan fingerprint density at radius 1 is 2.00 bits per heavy atom. The second kappa shape index (κ2) is 3.36. The third-order valence-corrected chi connectivity index (χ3v) is 1.48. The molecule has 0 unspecified atom stereocenters. The Morgan fingerprint density at radius 3 is 2.50 bits per heavy atom. The Hall–Kier alpha value is 0.170. The van der Waals surface area contributed by atoms with Crippen molar-refractivity contribution in [3.8, 4) is 0 Å². The largest absolute Gasteiger partial charge is 0.323 e. The summed E-state index contributed by atoms with van der Waals surface area (Å²) in [6.45, 7) is 1.79. The molecule has 2 N–H and O–H groups in total. The van der Waals surface area contributed by atoms with E-state index in [4.69, 9.17) is 5.84 Å².